The van der Waals surface area contributed by atoms with Crippen molar-refractivity contribution in [2.45, 2.75) is 24.2 Å². The minimum absolute atomic E-state index is 0.134. The monoisotopic (exact) mass is 366 g/mol. The first-order valence-corrected chi connectivity index (χ1v) is 8.50. The number of aliphatic hydroxyl groups excluding tert-OH is 1. The van der Waals surface area contributed by atoms with Crippen LogP contribution in [0, 0.1) is 5.92 Å². The van der Waals surface area contributed by atoms with E-state index >= 15 is 0 Å². The topological polar surface area (TPSA) is 110 Å². The van der Waals surface area contributed by atoms with E-state index in [0.29, 0.717) is 18.4 Å². The lowest BCUT2D eigenvalue weighted by Gasteiger charge is -2.31. The second-order valence-corrected chi connectivity index (χ2v) is 6.70. The molecule has 0 saturated heterocycles. The highest BCUT2D eigenvalue weighted by molar-refractivity contribution is 7.87. The number of alkyl halides is 2. The van der Waals surface area contributed by atoms with E-state index in [1.54, 1.807) is 12.2 Å². The van der Waals surface area contributed by atoms with E-state index in [1.165, 1.54) is 0 Å². The molecule has 0 amide bonds. The second-order valence-electron chi connectivity index (χ2n) is 5.24. The van der Waals surface area contributed by atoms with Crippen LogP contribution in [0.5, 0.6) is 0 Å². The van der Waals surface area contributed by atoms with Gasteiger partial charge in [0.05, 0.1) is 12.7 Å². The maximum Gasteiger partial charge on any atom is 0.465 e. The van der Waals surface area contributed by atoms with Gasteiger partial charge in [0.2, 0.25) is 0 Å². The molecule has 2 N–H and O–H groups in total. The average molecular weight is 366 g/mol. The average Bonchev–Trinajstić information content (AvgIpc) is 2.51. The Morgan fingerprint density at radius 2 is 2.08 bits per heavy atom. The molecule has 0 aromatic heterocycles. The third-order valence-electron chi connectivity index (χ3n) is 3.65. The molecule has 24 heavy (non-hydrogen) atoms. The molecule has 0 radical (unpaired) electrons. The van der Waals surface area contributed by atoms with E-state index < -0.39 is 27.9 Å². The summed E-state index contributed by atoms with van der Waals surface area (Å²) < 4.78 is 64.6. The molecule has 7 nitrogen and oxygen atoms in total. The van der Waals surface area contributed by atoms with Crippen molar-refractivity contribution in [3.05, 3.63) is 35.6 Å². The van der Waals surface area contributed by atoms with Crippen molar-refractivity contribution in [3.8, 4) is 0 Å². The summed E-state index contributed by atoms with van der Waals surface area (Å²) in [5.74, 6) is -2.43. The van der Waals surface area contributed by atoms with Crippen molar-refractivity contribution < 1.29 is 41.1 Å². The van der Waals surface area contributed by atoms with Crippen LogP contribution in [0.2, 0.25) is 0 Å². The molecule has 0 aromatic carbocycles. The number of hydrogen-bond donors (Lipinski definition) is 2. The van der Waals surface area contributed by atoms with Crippen molar-refractivity contribution in [3.63, 3.8) is 0 Å². The third-order valence-corrected chi connectivity index (χ3v) is 4.47. The zero-order chi connectivity index (χ0) is 18.0. The minimum Gasteiger partial charge on any atom is -0.508 e. The summed E-state index contributed by atoms with van der Waals surface area (Å²) in [5.41, 5.74) is 0.712. The van der Waals surface area contributed by atoms with Gasteiger partial charge in [-0.3, -0.25) is 4.55 Å². The Balaban J connectivity index is 1.83. The summed E-state index contributed by atoms with van der Waals surface area (Å²) >= 11 is 0. The molecule has 2 rings (SSSR count). The number of esters is 1. The SMILES string of the molecule is O=C(OCCO[C@H]1CCC=C2C(O)=CC=CC21)C(F)(F)S(=O)(=O)O. The summed E-state index contributed by atoms with van der Waals surface area (Å²) in [6.45, 7) is -0.836. The number of carbonyl (C=O) groups excluding carboxylic acids is 1. The van der Waals surface area contributed by atoms with E-state index in [-0.39, 0.29) is 24.4 Å². The molecule has 2 atom stereocenters. The van der Waals surface area contributed by atoms with Gasteiger partial charge in [-0.25, -0.2) is 4.79 Å². The van der Waals surface area contributed by atoms with E-state index in [1.807, 2.05) is 12.2 Å². The number of halogens is 2. The minimum atomic E-state index is -5.88. The largest absolute Gasteiger partial charge is 0.508 e. The van der Waals surface area contributed by atoms with Crippen LogP contribution in [0.3, 0.4) is 0 Å². The fourth-order valence-corrected chi connectivity index (χ4v) is 2.76. The van der Waals surface area contributed by atoms with Crippen LogP contribution in [0.4, 0.5) is 8.78 Å². The van der Waals surface area contributed by atoms with E-state index in [9.17, 15) is 27.1 Å². The lowest BCUT2D eigenvalue weighted by atomic mass is 9.81. The van der Waals surface area contributed by atoms with Gasteiger partial charge in [-0.05, 0) is 24.5 Å². The number of fused-ring (bicyclic) bond motifs is 1. The van der Waals surface area contributed by atoms with Crippen LogP contribution < -0.4 is 0 Å². The predicted molar refractivity (Wildman–Crippen MR) is 77.9 cm³/mol. The molecule has 0 spiro atoms. The molecule has 0 saturated carbocycles. The maximum atomic E-state index is 13.0. The lowest BCUT2D eigenvalue weighted by molar-refractivity contribution is -0.163. The zero-order valence-electron chi connectivity index (χ0n) is 12.4. The highest BCUT2D eigenvalue weighted by Crippen LogP contribution is 2.34. The van der Waals surface area contributed by atoms with Crippen molar-refractivity contribution in [2.75, 3.05) is 13.2 Å². The van der Waals surface area contributed by atoms with Gasteiger partial charge >= 0.3 is 21.3 Å². The van der Waals surface area contributed by atoms with Gasteiger partial charge in [-0.2, -0.15) is 17.2 Å². The van der Waals surface area contributed by atoms with Crippen LogP contribution in [-0.2, 0) is 24.4 Å². The fourth-order valence-electron chi connectivity index (χ4n) is 2.49. The lowest BCUT2D eigenvalue weighted by Crippen LogP contribution is -2.39. The van der Waals surface area contributed by atoms with Crippen LogP contribution >= 0.6 is 0 Å². The quantitative estimate of drug-likeness (QED) is 0.418. The first-order valence-electron chi connectivity index (χ1n) is 7.06. The molecule has 0 bridgehead atoms. The summed E-state index contributed by atoms with van der Waals surface area (Å²) in [6, 6.07) is 0. The standard InChI is InChI=1S/C14H16F2O7S/c15-14(16,24(19,20)21)13(18)23-8-7-22-12-6-2-3-9-10(12)4-1-5-11(9)17/h1,3-5,10,12,17H,2,6-8H2,(H,19,20,21)/t10?,12-/m0/s1. The highest BCUT2D eigenvalue weighted by atomic mass is 32.2. The van der Waals surface area contributed by atoms with Crippen molar-refractivity contribution in [2.24, 2.45) is 5.92 Å². The van der Waals surface area contributed by atoms with E-state index in [4.69, 9.17) is 9.29 Å². The molecular formula is C14H16F2O7S. The molecular weight excluding hydrogens is 350 g/mol. The Kier molecular flexibility index (Phi) is 5.41. The van der Waals surface area contributed by atoms with Crippen LogP contribution in [-0.4, -0.2) is 48.6 Å². The number of ether oxygens (including phenoxy) is 2. The molecule has 0 aromatic rings. The fraction of sp³-hybridized carbons (Fsp3) is 0.500. The second kappa shape index (κ2) is 6.99. The van der Waals surface area contributed by atoms with Crippen molar-refractivity contribution in [1.29, 1.82) is 0 Å². The normalized spacial score (nSPS) is 24.0. The summed E-state index contributed by atoms with van der Waals surface area (Å²) in [6.07, 6.45) is 7.87. The number of rotatable bonds is 6. The Hall–Kier alpha value is -1.78. The van der Waals surface area contributed by atoms with Crippen LogP contribution in [0.1, 0.15) is 12.8 Å². The number of allylic oxidation sites excluding steroid dienone is 4. The molecule has 2 aliphatic rings. The molecule has 1 unspecified atom stereocenters. The zero-order valence-corrected chi connectivity index (χ0v) is 13.2. The van der Waals surface area contributed by atoms with E-state index in [0.717, 1.165) is 0 Å². The van der Waals surface area contributed by atoms with Gasteiger partial charge < -0.3 is 14.6 Å². The molecule has 2 aliphatic carbocycles. The van der Waals surface area contributed by atoms with E-state index in [2.05, 4.69) is 4.74 Å². The molecule has 0 aliphatic heterocycles. The Morgan fingerprint density at radius 3 is 2.75 bits per heavy atom. The summed E-state index contributed by atoms with van der Waals surface area (Å²) in [5, 5.41) is 4.77. The Labute approximate surface area is 137 Å². The van der Waals surface area contributed by atoms with Crippen LogP contribution in [0.25, 0.3) is 0 Å². The van der Waals surface area contributed by atoms with Gasteiger partial charge in [0.1, 0.15) is 12.4 Å². The van der Waals surface area contributed by atoms with Crippen molar-refractivity contribution in [1.82, 2.24) is 0 Å². The first kappa shape index (κ1) is 18.6. The highest BCUT2D eigenvalue weighted by Gasteiger charge is 2.54. The maximum absolute atomic E-state index is 13.0. The number of hydrogen-bond acceptors (Lipinski definition) is 6. The third kappa shape index (κ3) is 3.82. The molecule has 0 heterocycles. The predicted octanol–water partition coefficient (Wildman–Crippen LogP) is 1.74. The molecule has 134 valence electrons. The van der Waals surface area contributed by atoms with Gasteiger partial charge in [-0.1, -0.05) is 18.2 Å². The van der Waals surface area contributed by atoms with Gasteiger partial charge in [0.15, 0.2) is 0 Å². The first-order chi connectivity index (χ1) is 11.1. The number of aliphatic hydroxyl groups is 1. The summed E-state index contributed by atoms with van der Waals surface area (Å²) in [7, 11) is -5.88. The Bertz CT molecular complexity index is 694. The summed E-state index contributed by atoms with van der Waals surface area (Å²) in [4.78, 5) is 11.0. The van der Waals surface area contributed by atoms with Crippen LogP contribution in [0.15, 0.2) is 35.6 Å². The Morgan fingerprint density at radius 1 is 1.38 bits per heavy atom. The van der Waals surface area contributed by atoms with Gasteiger partial charge in [0.25, 0.3) is 0 Å². The van der Waals surface area contributed by atoms with Gasteiger partial charge in [0, 0.05) is 5.92 Å². The number of carbonyl (C=O) groups is 1. The smallest absolute Gasteiger partial charge is 0.465 e. The molecule has 10 heteroatoms. The van der Waals surface area contributed by atoms with Crippen molar-refractivity contribution >= 4 is 16.1 Å². The molecule has 0 fully saturated rings. The van der Waals surface area contributed by atoms with Gasteiger partial charge in [-0.15, -0.1) is 0 Å².